The van der Waals surface area contributed by atoms with E-state index in [9.17, 15) is 0 Å². The molecule has 5 heteroatoms. The first-order valence-corrected chi connectivity index (χ1v) is 23.6. The summed E-state index contributed by atoms with van der Waals surface area (Å²) in [5.41, 5.74) is 13.8. The molecule has 0 atom stereocenters. The van der Waals surface area contributed by atoms with Gasteiger partial charge in [0.2, 0.25) is 0 Å². The van der Waals surface area contributed by atoms with Crippen LogP contribution in [0.3, 0.4) is 0 Å². The van der Waals surface area contributed by atoms with E-state index in [4.69, 9.17) is 4.74 Å². The molecule has 1 aromatic heterocycles. The lowest BCUT2D eigenvalue weighted by molar-refractivity contribution is 0.131. The van der Waals surface area contributed by atoms with Gasteiger partial charge in [-0.15, -0.1) is 11.3 Å². The van der Waals surface area contributed by atoms with Gasteiger partial charge in [0.15, 0.2) is 0 Å². The van der Waals surface area contributed by atoms with Crippen LogP contribution < -0.4 is 14.5 Å². The molecule has 0 N–H and O–H groups in total. The van der Waals surface area contributed by atoms with Gasteiger partial charge in [0, 0.05) is 43.2 Å². The third-order valence-corrected chi connectivity index (χ3v) is 15.0. The van der Waals surface area contributed by atoms with Gasteiger partial charge in [-0.25, -0.2) is 0 Å². The van der Waals surface area contributed by atoms with Crippen molar-refractivity contribution >= 4 is 77.4 Å². The van der Waals surface area contributed by atoms with Crippen LogP contribution in [-0.2, 0) is 5.41 Å². The third kappa shape index (κ3) is 6.02. The SMILES string of the molecule is CC(C)(C)Oc1ccc(N(c2ccccc2)c2cccc3c2sc2c(N(c4ccccc4)c4cccc5c4-c4ccccc4C54c5ccccc5Sc5ccccc54)cccc23)cc1. The maximum absolute atomic E-state index is 6.26. The Kier molecular flexibility index (Phi) is 9.08. The fourth-order valence-electron chi connectivity index (χ4n) is 10.2. The van der Waals surface area contributed by atoms with Gasteiger partial charge in [0.1, 0.15) is 11.4 Å². The second-order valence-corrected chi connectivity index (χ2v) is 19.7. The van der Waals surface area contributed by atoms with Crippen molar-refractivity contribution < 1.29 is 4.74 Å². The quantitative estimate of drug-likeness (QED) is 0.159. The first-order chi connectivity index (χ1) is 31.4. The standard InChI is InChI=1S/C59H44N2OS2/c1-58(2,3)62-42-37-35-41(36-38-42)60(39-19-6-4-7-20-39)51-31-16-24-43-44-25-17-32-52(57(44)64-56(43)51)61(40-21-8-5-9-22-40)50-30-18-29-49-55(50)45-23-10-11-26-46(45)59(49)47-27-12-14-33-53(47)63-54-34-15-13-28-48(54)59/h4-38H,1-3H3. The molecular formula is C59H44N2OS2. The number of hydrogen-bond donors (Lipinski definition) is 0. The number of hydrogen-bond acceptors (Lipinski definition) is 5. The van der Waals surface area contributed by atoms with Crippen LogP contribution in [0.25, 0.3) is 31.3 Å². The molecule has 308 valence electrons. The summed E-state index contributed by atoms with van der Waals surface area (Å²) in [7, 11) is 0. The number of anilines is 6. The molecule has 64 heavy (non-hydrogen) atoms. The van der Waals surface area contributed by atoms with Crippen LogP contribution in [-0.4, -0.2) is 5.60 Å². The summed E-state index contributed by atoms with van der Waals surface area (Å²) in [6.07, 6.45) is 0. The highest BCUT2D eigenvalue weighted by atomic mass is 32.2. The Labute approximate surface area is 382 Å². The van der Waals surface area contributed by atoms with Gasteiger partial charge in [0.05, 0.1) is 31.9 Å². The zero-order valence-electron chi connectivity index (χ0n) is 35.8. The van der Waals surface area contributed by atoms with E-state index in [1.165, 1.54) is 63.3 Å². The molecule has 1 spiro atoms. The fraction of sp³-hybridized carbons (Fsp3) is 0.0847. The van der Waals surface area contributed by atoms with Gasteiger partial charge in [-0.2, -0.15) is 0 Å². The third-order valence-electron chi connectivity index (χ3n) is 12.6. The van der Waals surface area contributed by atoms with Crippen molar-refractivity contribution in [2.75, 3.05) is 9.80 Å². The molecule has 0 saturated carbocycles. The summed E-state index contributed by atoms with van der Waals surface area (Å²) >= 11 is 3.76. The van der Waals surface area contributed by atoms with Crippen molar-refractivity contribution in [3.05, 3.63) is 235 Å². The summed E-state index contributed by atoms with van der Waals surface area (Å²) in [6, 6.07) is 77.9. The van der Waals surface area contributed by atoms with Gasteiger partial charge in [-0.1, -0.05) is 145 Å². The molecule has 0 bridgehead atoms. The lowest BCUT2D eigenvalue weighted by atomic mass is 9.67. The minimum Gasteiger partial charge on any atom is -0.488 e. The predicted molar refractivity (Wildman–Crippen MR) is 271 cm³/mol. The molecule has 1 aliphatic carbocycles. The van der Waals surface area contributed by atoms with Gasteiger partial charge in [0.25, 0.3) is 0 Å². The van der Waals surface area contributed by atoms with Crippen LogP contribution in [0.5, 0.6) is 5.75 Å². The van der Waals surface area contributed by atoms with Crippen molar-refractivity contribution in [1.29, 1.82) is 0 Å². The number of para-hydroxylation sites is 2. The van der Waals surface area contributed by atoms with Gasteiger partial charge in [-0.3, -0.25) is 0 Å². The molecule has 0 amide bonds. The number of ether oxygens (including phenoxy) is 1. The minimum absolute atomic E-state index is 0.287. The Hall–Kier alpha value is -7.05. The predicted octanol–water partition coefficient (Wildman–Crippen LogP) is 17.0. The summed E-state index contributed by atoms with van der Waals surface area (Å²) in [4.78, 5) is 7.51. The topological polar surface area (TPSA) is 15.7 Å². The van der Waals surface area contributed by atoms with E-state index < -0.39 is 5.41 Å². The largest absolute Gasteiger partial charge is 0.488 e. The Morgan fingerprint density at radius 3 is 1.48 bits per heavy atom. The van der Waals surface area contributed by atoms with Crippen LogP contribution in [0.15, 0.2) is 222 Å². The van der Waals surface area contributed by atoms with Crippen molar-refractivity contribution in [2.45, 2.75) is 41.6 Å². The van der Waals surface area contributed by atoms with Crippen LogP contribution >= 0.6 is 23.1 Å². The maximum atomic E-state index is 6.26. The minimum atomic E-state index is -0.473. The second kappa shape index (κ2) is 15.0. The van der Waals surface area contributed by atoms with Gasteiger partial charge in [-0.05, 0) is 127 Å². The zero-order chi connectivity index (χ0) is 43.0. The number of benzene rings is 9. The molecule has 0 fully saturated rings. The van der Waals surface area contributed by atoms with E-state index in [-0.39, 0.29) is 5.60 Å². The van der Waals surface area contributed by atoms with Gasteiger partial charge < -0.3 is 14.5 Å². The van der Waals surface area contributed by atoms with Crippen molar-refractivity contribution in [2.24, 2.45) is 0 Å². The summed E-state index contributed by atoms with van der Waals surface area (Å²) in [5.74, 6) is 0.853. The molecule has 10 aromatic rings. The number of fused-ring (bicyclic) bond motifs is 12. The van der Waals surface area contributed by atoms with Crippen molar-refractivity contribution in [3.63, 3.8) is 0 Å². The number of thiophene rings is 1. The average molecular weight is 861 g/mol. The van der Waals surface area contributed by atoms with E-state index in [0.29, 0.717) is 0 Å². The Bertz CT molecular complexity index is 3340. The van der Waals surface area contributed by atoms with Crippen molar-refractivity contribution in [1.82, 2.24) is 0 Å². The highest BCUT2D eigenvalue weighted by Crippen LogP contribution is 2.64. The molecule has 0 radical (unpaired) electrons. The maximum Gasteiger partial charge on any atom is 0.120 e. The molecule has 12 rings (SSSR count). The molecular weight excluding hydrogens is 817 g/mol. The number of rotatable bonds is 7. The molecule has 1 aliphatic heterocycles. The van der Waals surface area contributed by atoms with E-state index in [1.807, 2.05) is 23.1 Å². The summed E-state index contributed by atoms with van der Waals surface area (Å²) in [5, 5.41) is 2.47. The molecule has 2 heterocycles. The summed E-state index contributed by atoms with van der Waals surface area (Å²) < 4.78 is 8.72. The van der Waals surface area contributed by atoms with Crippen LogP contribution in [0.4, 0.5) is 34.1 Å². The van der Waals surface area contributed by atoms with E-state index in [1.54, 1.807) is 0 Å². The summed E-state index contributed by atoms with van der Waals surface area (Å²) in [6.45, 7) is 6.25. The van der Waals surface area contributed by atoms with Crippen LogP contribution in [0.2, 0.25) is 0 Å². The van der Waals surface area contributed by atoms with Crippen LogP contribution in [0, 0.1) is 0 Å². The monoisotopic (exact) mass is 860 g/mol. The molecule has 0 unspecified atom stereocenters. The van der Waals surface area contributed by atoms with Crippen LogP contribution in [0.1, 0.15) is 43.0 Å². The fourth-order valence-corrected chi connectivity index (χ4v) is 12.7. The van der Waals surface area contributed by atoms with Crippen molar-refractivity contribution in [3.8, 4) is 16.9 Å². The lowest BCUT2D eigenvalue weighted by Gasteiger charge is -2.39. The Morgan fingerprint density at radius 1 is 0.406 bits per heavy atom. The normalized spacial score (nSPS) is 13.3. The number of nitrogens with zero attached hydrogens (tertiary/aromatic N) is 2. The van der Waals surface area contributed by atoms with Gasteiger partial charge >= 0.3 is 0 Å². The highest BCUT2D eigenvalue weighted by molar-refractivity contribution is 7.99. The molecule has 2 aliphatic rings. The molecule has 0 saturated heterocycles. The van der Waals surface area contributed by atoms with E-state index in [0.717, 1.165) is 39.9 Å². The van der Waals surface area contributed by atoms with E-state index >= 15 is 0 Å². The average Bonchev–Trinajstić information content (AvgIpc) is 3.86. The molecule has 9 aromatic carbocycles. The Balaban J connectivity index is 1.10. The lowest BCUT2D eigenvalue weighted by Crippen LogP contribution is -2.32. The highest BCUT2D eigenvalue weighted by Gasteiger charge is 2.51. The molecule has 3 nitrogen and oxygen atoms in total. The zero-order valence-corrected chi connectivity index (χ0v) is 37.5. The first kappa shape index (κ1) is 38.6. The van der Waals surface area contributed by atoms with E-state index in [2.05, 4.69) is 243 Å². The Morgan fingerprint density at radius 2 is 0.875 bits per heavy atom. The first-order valence-electron chi connectivity index (χ1n) is 21.9. The second-order valence-electron chi connectivity index (χ2n) is 17.5. The smallest absolute Gasteiger partial charge is 0.120 e.